The lowest BCUT2D eigenvalue weighted by Gasteiger charge is -2.12. The molecule has 0 fully saturated rings. The summed E-state index contributed by atoms with van der Waals surface area (Å²) >= 11 is 14.3. The van der Waals surface area contributed by atoms with Crippen LogP contribution in [-0.4, -0.2) is 9.97 Å². The van der Waals surface area contributed by atoms with Crippen molar-refractivity contribution in [3.05, 3.63) is 68.8 Å². The Morgan fingerprint density at radius 1 is 0.926 bits per heavy atom. The van der Waals surface area contributed by atoms with Gasteiger partial charge in [0.1, 0.15) is 17.0 Å². The third-order valence-electron chi connectivity index (χ3n) is 4.67. The van der Waals surface area contributed by atoms with Crippen LogP contribution in [0.1, 0.15) is 16.0 Å². The summed E-state index contributed by atoms with van der Waals surface area (Å²) in [7, 11) is 0. The van der Waals surface area contributed by atoms with E-state index in [4.69, 9.17) is 23.2 Å². The Morgan fingerprint density at radius 3 is 2.37 bits per heavy atom. The molecule has 0 aliphatic carbocycles. The average Bonchev–Trinajstić information content (AvgIpc) is 2.97. The highest BCUT2D eigenvalue weighted by Crippen LogP contribution is 2.42. The molecule has 2 aromatic heterocycles. The van der Waals surface area contributed by atoms with Gasteiger partial charge in [0.15, 0.2) is 0 Å². The normalized spacial score (nSPS) is 11.1. The summed E-state index contributed by atoms with van der Waals surface area (Å²) in [6.07, 6.45) is 1.57. The van der Waals surface area contributed by atoms with Gasteiger partial charge in [-0.1, -0.05) is 47.5 Å². The van der Waals surface area contributed by atoms with Crippen LogP contribution in [0.15, 0.2) is 42.7 Å². The van der Waals surface area contributed by atoms with Crippen molar-refractivity contribution in [2.45, 2.75) is 20.8 Å². The topological polar surface area (TPSA) is 37.8 Å². The number of hydrogen-bond donors (Lipinski definition) is 1. The quantitative estimate of drug-likeness (QED) is 0.381. The van der Waals surface area contributed by atoms with E-state index in [1.165, 1.54) is 16.0 Å². The maximum atomic E-state index is 6.34. The third-order valence-corrected chi connectivity index (χ3v) is 6.31. The summed E-state index contributed by atoms with van der Waals surface area (Å²) in [5, 5.41) is 5.41. The molecule has 2 aromatic carbocycles. The molecule has 0 bridgehead atoms. The zero-order valence-electron chi connectivity index (χ0n) is 15.1. The van der Waals surface area contributed by atoms with Crippen LogP contribution >= 0.6 is 34.5 Å². The number of fused-ring (bicyclic) bond motifs is 1. The number of aromatic nitrogens is 2. The summed E-state index contributed by atoms with van der Waals surface area (Å²) in [5.41, 5.74) is 5.48. The molecule has 3 nitrogen and oxygen atoms in total. The van der Waals surface area contributed by atoms with Gasteiger partial charge in [-0.2, -0.15) is 0 Å². The number of benzene rings is 2. The van der Waals surface area contributed by atoms with Crippen LogP contribution in [0, 0.1) is 20.8 Å². The summed E-state index contributed by atoms with van der Waals surface area (Å²) < 4.78 is 0. The van der Waals surface area contributed by atoms with Crippen LogP contribution in [0.4, 0.5) is 11.5 Å². The zero-order valence-corrected chi connectivity index (χ0v) is 17.4. The van der Waals surface area contributed by atoms with Crippen molar-refractivity contribution >= 4 is 56.3 Å². The van der Waals surface area contributed by atoms with E-state index in [1.54, 1.807) is 29.8 Å². The smallest absolute Gasteiger partial charge is 0.143 e. The number of thiophene rings is 1. The number of anilines is 2. The molecular formula is C21H17Cl2N3S. The summed E-state index contributed by atoms with van der Waals surface area (Å²) in [5.74, 6) is 0.701. The predicted octanol–water partition coefficient (Wildman–Crippen LogP) is 7.33. The van der Waals surface area contributed by atoms with Gasteiger partial charge >= 0.3 is 0 Å². The molecule has 0 saturated heterocycles. The van der Waals surface area contributed by atoms with Crippen LogP contribution < -0.4 is 5.32 Å². The second-order valence-corrected chi connectivity index (χ2v) is 8.47. The molecule has 4 rings (SSSR count). The standard InChI is InChI=1S/C21H17Cl2N3S/c1-11-7-8-14(9-12(11)2)17-13(3)27-21-18(17)20(24-10-25-21)26-19-15(22)5-4-6-16(19)23/h4-10H,1-3H3,(H,24,25,26). The summed E-state index contributed by atoms with van der Waals surface area (Å²) in [4.78, 5) is 11.1. The monoisotopic (exact) mass is 413 g/mol. The highest BCUT2D eigenvalue weighted by molar-refractivity contribution is 7.19. The molecule has 1 N–H and O–H groups in total. The Hall–Kier alpha value is -2.14. The predicted molar refractivity (Wildman–Crippen MR) is 117 cm³/mol. The van der Waals surface area contributed by atoms with Crippen LogP contribution in [0.2, 0.25) is 10.0 Å². The number of nitrogens with zero attached hydrogens (tertiary/aromatic N) is 2. The minimum absolute atomic E-state index is 0.550. The van der Waals surface area contributed by atoms with Crippen molar-refractivity contribution in [2.75, 3.05) is 5.32 Å². The lowest BCUT2D eigenvalue weighted by atomic mass is 9.99. The minimum Gasteiger partial charge on any atom is -0.337 e. The fraction of sp³-hybridized carbons (Fsp3) is 0.143. The second kappa shape index (κ2) is 7.12. The molecule has 0 unspecified atom stereocenters. The first-order chi connectivity index (χ1) is 13.0. The number of halogens is 2. The lowest BCUT2D eigenvalue weighted by molar-refractivity contribution is 1.23. The molecule has 2 heterocycles. The van der Waals surface area contributed by atoms with E-state index in [2.05, 4.69) is 54.3 Å². The van der Waals surface area contributed by atoms with Gasteiger partial charge < -0.3 is 5.32 Å². The first kappa shape index (κ1) is 18.2. The first-order valence-corrected chi connectivity index (χ1v) is 10.1. The zero-order chi connectivity index (χ0) is 19.1. The van der Waals surface area contributed by atoms with E-state index in [1.807, 2.05) is 6.07 Å². The lowest BCUT2D eigenvalue weighted by Crippen LogP contribution is -1.97. The maximum absolute atomic E-state index is 6.34. The summed E-state index contributed by atoms with van der Waals surface area (Å²) in [6.45, 7) is 6.36. The van der Waals surface area contributed by atoms with E-state index >= 15 is 0 Å². The number of hydrogen-bond acceptors (Lipinski definition) is 4. The molecule has 0 saturated carbocycles. The molecular weight excluding hydrogens is 397 g/mol. The van der Waals surface area contributed by atoms with E-state index in [9.17, 15) is 0 Å². The molecule has 0 radical (unpaired) electrons. The Morgan fingerprint density at radius 2 is 1.67 bits per heavy atom. The van der Waals surface area contributed by atoms with Crippen molar-refractivity contribution in [1.82, 2.24) is 9.97 Å². The average molecular weight is 414 g/mol. The highest BCUT2D eigenvalue weighted by atomic mass is 35.5. The number of aryl methyl sites for hydroxylation is 3. The van der Waals surface area contributed by atoms with Gasteiger partial charge in [0.25, 0.3) is 0 Å². The van der Waals surface area contributed by atoms with Crippen LogP contribution in [0.5, 0.6) is 0 Å². The second-order valence-electron chi connectivity index (χ2n) is 6.46. The SMILES string of the molecule is Cc1ccc(-c2c(C)sc3ncnc(Nc4c(Cl)cccc4Cl)c23)cc1C. The number of rotatable bonds is 3. The summed E-state index contributed by atoms with van der Waals surface area (Å²) in [6, 6.07) is 11.9. The molecule has 0 spiro atoms. The Kier molecular flexibility index (Phi) is 4.81. The van der Waals surface area contributed by atoms with Crippen LogP contribution in [-0.2, 0) is 0 Å². The molecule has 136 valence electrons. The fourth-order valence-corrected chi connectivity index (χ4v) is 4.62. The molecule has 0 aliphatic heterocycles. The number of para-hydroxylation sites is 1. The van der Waals surface area contributed by atoms with E-state index in [-0.39, 0.29) is 0 Å². The number of nitrogens with one attached hydrogen (secondary N) is 1. The van der Waals surface area contributed by atoms with Crippen molar-refractivity contribution < 1.29 is 0 Å². The molecule has 0 atom stereocenters. The van der Waals surface area contributed by atoms with Crippen molar-refractivity contribution in [1.29, 1.82) is 0 Å². The molecule has 6 heteroatoms. The minimum atomic E-state index is 0.550. The van der Waals surface area contributed by atoms with Crippen molar-refractivity contribution in [2.24, 2.45) is 0 Å². The fourth-order valence-electron chi connectivity index (χ4n) is 3.12. The largest absolute Gasteiger partial charge is 0.337 e. The van der Waals surface area contributed by atoms with E-state index in [0.29, 0.717) is 21.6 Å². The van der Waals surface area contributed by atoms with Crippen LogP contribution in [0.3, 0.4) is 0 Å². The van der Waals surface area contributed by atoms with Gasteiger partial charge in [0, 0.05) is 10.4 Å². The Balaban J connectivity index is 1.94. The molecule has 0 aliphatic rings. The third kappa shape index (κ3) is 3.29. The van der Waals surface area contributed by atoms with Gasteiger partial charge in [0.2, 0.25) is 0 Å². The molecule has 0 amide bonds. The van der Waals surface area contributed by atoms with E-state index < -0.39 is 0 Å². The Bertz CT molecular complexity index is 1150. The Labute approximate surface area is 172 Å². The van der Waals surface area contributed by atoms with Gasteiger partial charge in [-0.3, -0.25) is 0 Å². The van der Waals surface area contributed by atoms with Crippen LogP contribution in [0.25, 0.3) is 21.3 Å². The molecule has 4 aromatic rings. The van der Waals surface area contributed by atoms with Crippen molar-refractivity contribution in [3.8, 4) is 11.1 Å². The van der Waals surface area contributed by atoms with E-state index in [0.717, 1.165) is 21.3 Å². The van der Waals surface area contributed by atoms with Gasteiger partial charge in [-0.25, -0.2) is 9.97 Å². The van der Waals surface area contributed by atoms with Gasteiger partial charge in [-0.15, -0.1) is 11.3 Å². The van der Waals surface area contributed by atoms with Gasteiger partial charge in [-0.05, 0) is 49.6 Å². The molecule has 27 heavy (non-hydrogen) atoms. The first-order valence-electron chi connectivity index (χ1n) is 8.48. The van der Waals surface area contributed by atoms with Gasteiger partial charge in [0.05, 0.1) is 21.1 Å². The maximum Gasteiger partial charge on any atom is 0.143 e. The highest BCUT2D eigenvalue weighted by Gasteiger charge is 2.18. The van der Waals surface area contributed by atoms with Crippen molar-refractivity contribution in [3.63, 3.8) is 0 Å².